The molecule has 3 rings (SSSR count). The molecule has 0 saturated carbocycles. The van der Waals surface area contributed by atoms with Gasteiger partial charge in [-0.25, -0.2) is 5.43 Å². The van der Waals surface area contributed by atoms with Crippen molar-refractivity contribution in [2.75, 3.05) is 7.11 Å². The van der Waals surface area contributed by atoms with E-state index in [9.17, 15) is 15.0 Å². The van der Waals surface area contributed by atoms with E-state index in [0.29, 0.717) is 23.7 Å². The average Bonchev–Trinajstić information content (AvgIpc) is 2.74. The van der Waals surface area contributed by atoms with E-state index in [0.717, 1.165) is 16.1 Å². The second kappa shape index (κ2) is 9.80. The third-order valence-electron chi connectivity index (χ3n) is 4.08. The average molecular weight is 471 g/mol. The third-order valence-corrected chi connectivity index (χ3v) is 4.57. The number of carbonyl (C=O) groups is 1. The van der Waals surface area contributed by atoms with Crippen LogP contribution in [0.4, 0.5) is 0 Å². The van der Waals surface area contributed by atoms with E-state index in [1.807, 2.05) is 24.3 Å². The molecule has 0 radical (unpaired) electrons. The smallest absolute Gasteiger partial charge is 0.275 e. The topological polar surface area (TPSA) is 100 Å². The Morgan fingerprint density at radius 1 is 1.10 bits per heavy atom. The predicted molar refractivity (Wildman–Crippen MR) is 116 cm³/mol. The molecule has 154 valence electrons. The van der Waals surface area contributed by atoms with Crippen LogP contribution in [-0.2, 0) is 6.61 Å². The Balaban J connectivity index is 1.69. The molecule has 0 aliphatic rings. The van der Waals surface area contributed by atoms with Gasteiger partial charge < -0.3 is 19.7 Å². The lowest BCUT2D eigenvalue weighted by Gasteiger charge is -2.11. The van der Waals surface area contributed by atoms with Gasteiger partial charge >= 0.3 is 0 Å². The first-order valence-corrected chi connectivity index (χ1v) is 9.66. The summed E-state index contributed by atoms with van der Waals surface area (Å²) in [7, 11) is 1.55. The lowest BCUT2D eigenvalue weighted by molar-refractivity contribution is 0.0952. The van der Waals surface area contributed by atoms with Crippen molar-refractivity contribution in [2.24, 2.45) is 5.10 Å². The Labute approximate surface area is 181 Å². The van der Waals surface area contributed by atoms with Crippen molar-refractivity contribution in [2.45, 2.75) is 6.61 Å². The Morgan fingerprint density at radius 3 is 2.70 bits per heavy atom. The number of nitrogens with zero attached hydrogens (tertiary/aromatic N) is 1. The van der Waals surface area contributed by atoms with Crippen molar-refractivity contribution in [1.29, 1.82) is 0 Å². The standard InChI is InChI=1S/C22H19BrN2O5/c1-29-20-8-5-14(10-21(20)30-13-15-3-2-4-16(23)9-15)12-24-25-22(28)18-11-17(26)6-7-19(18)27/h2-12,26-27H,13H2,1H3,(H,25,28). The summed E-state index contributed by atoms with van der Waals surface area (Å²) in [6.45, 7) is 0.351. The minimum absolute atomic E-state index is 0.0834. The normalized spacial score (nSPS) is 10.7. The number of nitrogens with one attached hydrogen (secondary N) is 1. The number of amides is 1. The zero-order valence-corrected chi connectivity index (χ0v) is 17.6. The largest absolute Gasteiger partial charge is 0.508 e. The third kappa shape index (κ3) is 5.51. The van der Waals surface area contributed by atoms with Gasteiger partial charge in [0.2, 0.25) is 0 Å². The molecule has 0 aliphatic heterocycles. The number of hydrogen-bond acceptors (Lipinski definition) is 6. The quantitative estimate of drug-likeness (QED) is 0.272. The highest BCUT2D eigenvalue weighted by Crippen LogP contribution is 2.28. The lowest BCUT2D eigenvalue weighted by atomic mass is 10.2. The van der Waals surface area contributed by atoms with Gasteiger partial charge in [0.05, 0.1) is 18.9 Å². The van der Waals surface area contributed by atoms with Crippen LogP contribution in [-0.4, -0.2) is 29.4 Å². The first kappa shape index (κ1) is 21.2. The Kier molecular flexibility index (Phi) is 6.92. The number of carbonyl (C=O) groups excluding carboxylic acids is 1. The number of hydrogen-bond donors (Lipinski definition) is 3. The maximum atomic E-state index is 12.1. The predicted octanol–water partition coefficient (Wildman–Crippen LogP) is 4.21. The van der Waals surface area contributed by atoms with E-state index in [4.69, 9.17) is 9.47 Å². The van der Waals surface area contributed by atoms with Crippen LogP contribution in [0.25, 0.3) is 0 Å². The second-order valence-corrected chi connectivity index (χ2v) is 7.15. The van der Waals surface area contributed by atoms with E-state index in [1.54, 1.807) is 25.3 Å². The van der Waals surface area contributed by atoms with Gasteiger partial charge in [-0.2, -0.15) is 5.10 Å². The SMILES string of the molecule is COc1ccc(C=NNC(=O)c2cc(O)ccc2O)cc1OCc1cccc(Br)c1. The van der Waals surface area contributed by atoms with Gasteiger partial charge in [0.15, 0.2) is 11.5 Å². The molecular weight excluding hydrogens is 452 g/mol. The maximum Gasteiger partial charge on any atom is 0.275 e. The van der Waals surface area contributed by atoms with Crippen LogP contribution in [0, 0.1) is 0 Å². The number of phenolic OH excluding ortho intramolecular Hbond substituents is 2. The minimum atomic E-state index is -0.653. The molecule has 0 unspecified atom stereocenters. The van der Waals surface area contributed by atoms with Crippen molar-refractivity contribution < 1.29 is 24.5 Å². The summed E-state index contributed by atoms with van der Waals surface area (Å²) in [5.74, 6) is 0.0473. The molecule has 0 heterocycles. The molecule has 0 atom stereocenters. The van der Waals surface area contributed by atoms with Crippen molar-refractivity contribution in [1.82, 2.24) is 5.43 Å². The van der Waals surface area contributed by atoms with Gasteiger partial charge in [-0.05, 0) is 59.7 Å². The summed E-state index contributed by atoms with van der Waals surface area (Å²) in [5, 5.41) is 23.1. The van der Waals surface area contributed by atoms with Gasteiger partial charge in [-0.3, -0.25) is 4.79 Å². The molecule has 3 N–H and O–H groups in total. The lowest BCUT2D eigenvalue weighted by Crippen LogP contribution is -2.17. The molecule has 0 spiro atoms. The van der Waals surface area contributed by atoms with Crippen LogP contribution >= 0.6 is 15.9 Å². The second-order valence-electron chi connectivity index (χ2n) is 6.23. The summed E-state index contributed by atoms with van der Waals surface area (Å²) >= 11 is 3.43. The van der Waals surface area contributed by atoms with Crippen molar-refractivity contribution in [3.05, 3.63) is 81.8 Å². The summed E-state index contributed by atoms with van der Waals surface area (Å²) in [4.78, 5) is 12.1. The highest BCUT2D eigenvalue weighted by Gasteiger charge is 2.11. The van der Waals surface area contributed by atoms with Gasteiger partial charge in [0, 0.05) is 4.47 Å². The van der Waals surface area contributed by atoms with Gasteiger partial charge in [-0.1, -0.05) is 28.1 Å². The monoisotopic (exact) mass is 470 g/mol. The van der Waals surface area contributed by atoms with Gasteiger partial charge in [0.25, 0.3) is 5.91 Å². The first-order chi connectivity index (χ1) is 14.5. The molecule has 0 aromatic heterocycles. The molecule has 7 nitrogen and oxygen atoms in total. The Hall–Kier alpha value is -3.52. The first-order valence-electron chi connectivity index (χ1n) is 8.87. The van der Waals surface area contributed by atoms with Crippen LogP contribution in [0.3, 0.4) is 0 Å². The Bertz CT molecular complexity index is 1080. The maximum absolute atomic E-state index is 12.1. The fraction of sp³-hybridized carbons (Fsp3) is 0.0909. The van der Waals surface area contributed by atoms with Crippen LogP contribution in [0.1, 0.15) is 21.5 Å². The molecule has 0 bridgehead atoms. The van der Waals surface area contributed by atoms with Crippen molar-refractivity contribution in [3.63, 3.8) is 0 Å². The van der Waals surface area contributed by atoms with E-state index in [-0.39, 0.29) is 17.1 Å². The van der Waals surface area contributed by atoms with Crippen molar-refractivity contribution in [3.8, 4) is 23.0 Å². The molecule has 3 aromatic rings. The number of hydrazone groups is 1. The summed E-state index contributed by atoms with van der Waals surface area (Å²) in [5.41, 5.74) is 3.88. The molecule has 8 heteroatoms. The van der Waals surface area contributed by atoms with E-state index < -0.39 is 5.91 Å². The minimum Gasteiger partial charge on any atom is -0.508 e. The van der Waals surface area contributed by atoms with E-state index >= 15 is 0 Å². The number of benzene rings is 3. The number of rotatable bonds is 7. The number of ether oxygens (including phenoxy) is 2. The molecule has 30 heavy (non-hydrogen) atoms. The van der Waals surface area contributed by atoms with Crippen LogP contribution in [0.5, 0.6) is 23.0 Å². The zero-order valence-electron chi connectivity index (χ0n) is 16.0. The fourth-order valence-corrected chi connectivity index (χ4v) is 3.05. The number of phenols is 2. The van der Waals surface area contributed by atoms with Gasteiger partial charge in [0.1, 0.15) is 18.1 Å². The van der Waals surface area contributed by atoms with Crippen LogP contribution < -0.4 is 14.9 Å². The van der Waals surface area contributed by atoms with Crippen molar-refractivity contribution >= 4 is 28.1 Å². The summed E-state index contributed by atoms with van der Waals surface area (Å²) in [6.07, 6.45) is 1.43. The van der Waals surface area contributed by atoms with Crippen LogP contribution in [0.2, 0.25) is 0 Å². The molecular formula is C22H19BrN2O5. The zero-order chi connectivity index (χ0) is 21.5. The molecule has 3 aromatic carbocycles. The Morgan fingerprint density at radius 2 is 1.93 bits per heavy atom. The van der Waals surface area contributed by atoms with E-state index in [2.05, 4.69) is 26.5 Å². The highest BCUT2D eigenvalue weighted by molar-refractivity contribution is 9.10. The molecule has 1 amide bonds. The molecule has 0 fully saturated rings. The fourth-order valence-electron chi connectivity index (χ4n) is 2.61. The summed E-state index contributed by atoms with van der Waals surface area (Å²) in [6, 6.07) is 16.7. The molecule has 0 saturated heterocycles. The molecule has 0 aliphatic carbocycles. The highest BCUT2D eigenvalue weighted by atomic mass is 79.9. The number of aromatic hydroxyl groups is 2. The van der Waals surface area contributed by atoms with E-state index in [1.165, 1.54) is 18.3 Å². The number of methoxy groups -OCH3 is 1. The summed E-state index contributed by atoms with van der Waals surface area (Å²) < 4.78 is 12.2. The van der Waals surface area contributed by atoms with Gasteiger partial charge in [-0.15, -0.1) is 0 Å². The number of halogens is 1. The van der Waals surface area contributed by atoms with Crippen LogP contribution in [0.15, 0.2) is 70.2 Å².